The molecule has 6 aromatic rings. The molecule has 0 amide bonds. The van der Waals surface area contributed by atoms with E-state index in [4.69, 9.17) is 0 Å². The van der Waals surface area contributed by atoms with Gasteiger partial charge < -0.3 is 5.11 Å². The fourth-order valence-electron chi connectivity index (χ4n) is 5.98. The van der Waals surface area contributed by atoms with Gasteiger partial charge in [0.1, 0.15) is 5.60 Å². The monoisotopic (exact) mass is 616 g/mol. The molecule has 1 N–H and O–H groups in total. The summed E-state index contributed by atoms with van der Waals surface area (Å²) in [6.45, 7) is 0. The molecule has 0 atom stereocenters. The summed E-state index contributed by atoms with van der Waals surface area (Å²) in [5, 5.41) is 15.7. The summed E-state index contributed by atoms with van der Waals surface area (Å²) in [5.74, 6) is 0. The first kappa shape index (κ1) is 23.6. The van der Waals surface area contributed by atoms with Gasteiger partial charge in [-0.3, -0.25) is 0 Å². The van der Waals surface area contributed by atoms with Crippen molar-refractivity contribution in [3.8, 4) is 33.4 Å². The summed E-state index contributed by atoms with van der Waals surface area (Å²) >= 11 is 7.42. The minimum atomic E-state index is -1.43. The van der Waals surface area contributed by atoms with Gasteiger partial charge in [0.2, 0.25) is 0 Å². The van der Waals surface area contributed by atoms with Crippen molar-refractivity contribution in [2.45, 2.75) is 5.60 Å². The molecule has 0 spiro atoms. The zero-order chi connectivity index (χ0) is 25.9. The van der Waals surface area contributed by atoms with Crippen LogP contribution in [0.2, 0.25) is 0 Å². The zero-order valence-corrected chi connectivity index (χ0v) is 23.5. The van der Waals surface area contributed by atoms with Gasteiger partial charge in [0.25, 0.3) is 0 Å². The lowest BCUT2D eigenvalue weighted by atomic mass is 9.75. The Hall–Kier alpha value is -3.50. The van der Waals surface area contributed by atoms with Gasteiger partial charge in [-0.1, -0.05) is 135 Å². The highest BCUT2D eigenvalue weighted by atomic mass is 79.9. The van der Waals surface area contributed by atoms with E-state index in [9.17, 15) is 5.11 Å². The van der Waals surface area contributed by atoms with Gasteiger partial charge in [0.15, 0.2) is 0 Å². The number of aliphatic hydroxyl groups is 1. The first-order valence-electron chi connectivity index (χ1n) is 12.6. The van der Waals surface area contributed by atoms with Crippen LogP contribution in [0.4, 0.5) is 0 Å². The summed E-state index contributed by atoms with van der Waals surface area (Å²) in [6, 6.07) is 44.0. The first-order valence-corrected chi connectivity index (χ1v) is 14.1. The highest BCUT2D eigenvalue weighted by Crippen LogP contribution is 2.53. The second kappa shape index (κ2) is 9.06. The van der Waals surface area contributed by atoms with E-state index in [1.807, 2.05) is 6.07 Å². The van der Waals surface area contributed by atoms with Crippen LogP contribution >= 0.6 is 31.9 Å². The lowest BCUT2D eigenvalue weighted by Crippen LogP contribution is -2.30. The van der Waals surface area contributed by atoms with E-state index in [2.05, 4.69) is 153 Å². The standard InChI is InChI=1S/C35H22Br2O/c36-23-16-18-30-27-11-3-4-12-28(27)31-19-17-24(37)21-34(31)35(38,33(30)20-23)32-15-6-5-13-29(32)26-14-7-9-22-8-1-2-10-25(22)26/h1-21,38H. The Morgan fingerprint density at radius 2 is 0.895 bits per heavy atom. The number of fused-ring (bicyclic) bond motifs is 6. The van der Waals surface area contributed by atoms with Gasteiger partial charge in [0.05, 0.1) is 0 Å². The van der Waals surface area contributed by atoms with Crippen molar-refractivity contribution in [3.05, 3.63) is 153 Å². The molecule has 6 aromatic carbocycles. The van der Waals surface area contributed by atoms with Crippen molar-refractivity contribution >= 4 is 42.6 Å². The Bertz CT molecular complexity index is 1790. The molecule has 1 aliphatic carbocycles. The number of rotatable bonds is 2. The Labute approximate surface area is 238 Å². The molecule has 7 rings (SSSR count). The Morgan fingerprint density at radius 3 is 1.55 bits per heavy atom. The SMILES string of the molecule is OC1(c2ccccc2-c2cccc3ccccc23)c2cc(Br)ccc2-c2ccccc2-c2ccc(Br)cc21. The van der Waals surface area contributed by atoms with Crippen LogP contribution < -0.4 is 0 Å². The Morgan fingerprint density at radius 1 is 0.421 bits per heavy atom. The van der Waals surface area contributed by atoms with E-state index < -0.39 is 5.60 Å². The fraction of sp³-hybridized carbons (Fsp3) is 0.0286. The third-order valence-electron chi connectivity index (χ3n) is 7.65. The van der Waals surface area contributed by atoms with Gasteiger partial charge in [0, 0.05) is 25.6 Å². The molecule has 0 aliphatic heterocycles. The van der Waals surface area contributed by atoms with Gasteiger partial charge in [-0.05, 0) is 68.4 Å². The molecule has 3 heteroatoms. The van der Waals surface area contributed by atoms with Crippen LogP contribution in [0.5, 0.6) is 0 Å². The second-order valence-electron chi connectivity index (χ2n) is 9.71. The molecule has 38 heavy (non-hydrogen) atoms. The van der Waals surface area contributed by atoms with Crippen LogP contribution in [0.25, 0.3) is 44.2 Å². The van der Waals surface area contributed by atoms with Gasteiger partial charge in [-0.15, -0.1) is 0 Å². The Balaban J connectivity index is 1.65. The summed E-state index contributed by atoms with van der Waals surface area (Å²) in [4.78, 5) is 0. The van der Waals surface area contributed by atoms with Crippen molar-refractivity contribution in [1.29, 1.82) is 0 Å². The minimum Gasteiger partial charge on any atom is -0.376 e. The second-order valence-corrected chi connectivity index (χ2v) is 11.5. The number of hydrogen-bond acceptors (Lipinski definition) is 1. The van der Waals surface area contributed by atoms with Crippen molar-refractivity contribution < 1.29 is 5.11 Å². The smallest absolute Gasteiger partial charge is 0.142 e. The zero-order valence-electron chi connectivity index (χ0n) is 20.3. The van der Waals surface area contributed by atoms with Crippen LogP contribution in [0.15, 0.2) is 136 Å². The van der Waals surface area contributed by atoms with Gasteiger partial charge in [-0.2, -0.15) is 0 Å². The maximum absolute atomic E-state index is 13.3. The van der Waals surface area contributed by atoms with Crippen molar-refractivity contribution in [3.63, 3.8) is 0 Å². The molecule has 0 unspecified atom stereocenters. The van der Waals surface area contributed by atoms with E-state index >= 15 is 0 Å². The van der Waals surface area contributed by atoms with Crippen LogP contribution in [0.1, 0.15) is 16.7 Å². The Kier molecular flexibility index (Phi) is 5.63. The summed E-state index contributed by atoms with van der Waals surface area (Å²) in [6.07, 6.45) is 0. The largest absolute Gasteiger partial charge is 0.376 e. The molecular formula is C35H22Br2O. The molecule has 0 radical (unpaired) electrons. The van der Waals surface area contributed by atoms with Crippen LogP contribution in [0.3, 0.4) is 0 Å². The topological polar surface area (TPSA) is 20.2 Å². The van der Waals surface area contributed by atoms with Crippen LogP contribution in [0, 0.1) is 0 Å². The molecule has 0 bridgehead atoms. The average molecular weight is 618 g/mol. The van der Waals surface area contributed by atoms with Gasteiger partial charge >= 0.3 is 0 Å². The summed E-state index contributed by atoms with van der Waals surface area (Å²) in [7, 11) is 0. The summed E-state index contributed by atoms with van der Waals surface area (Å²) < 4.78 is 1.85. The van der Waals surface area contributed by atoms with E-state index in [0.717, 1.165) is 64.4 Å². The summed E-state index contributed by atoms with van der Waals surface area (Å²) in [5.41, 5.74) is 7.49. The number of halogens is 2. The lowest BCUT2D eigenvalue weighted by molar-refractivity contribution is 0.127. The molecular weight excluding hydrogens is 596 g/mol. The third kappa shape index (κ3) is 3.54. The molecule has 182 valence electrons. The number of benzene rings is 6. The van der Waals surface area contributed by atoms with E-state index in [-0.39, 0.29) is 0 Å². The molecule has 0 saturated carbocycles. The predicted octanol–water partition coefficient (Wildman–Crippen LogP) is 9.96. The predicted molar refractivity (Wildman–Crippen MR) is 164 cm³/mol. The quantitative estimate of drug-likeness (QED) is 0.205. The lowest BCUT2D eigenvalue weighted by Gasteiger charge is -2.34. The van der Waals surface area contributed by atoms with Gasteiger partial charge in [-0.25, -0.2) is 0 Å². The minimum absolute atomic E-state index is 0.850. The van der Waals surface area contributed by atoms with Crippen LogP contribution in [-0.4, -0.2) is 5.11 Å². The molecule has 0 aromatic heterocycles. The van der Waals surface area contributed by atoms with Crippen molar-refractivity contribution in [2.75, 3.05) is 0 Å². The molecule has 0 fully saturated rings. The average Bonchev–Trinajstić information content (AvgIpc) is 3.04. The van der Waals surface area contributed by atoms with E-state index in [0.29, 0.717) is 0 Å². The normalized spacial score (nSPS) is 13.3. The molecule has 0 heterocycles. The number of hydrogen-bond donors (Lipinski definition) is 1. The van der Waals surface area contributed by atoms with E-state index in [1.54, 1.807) is 0 Å². The van der Waals surface area contributed by atoms with E-state index in [1.165, 1.54) is 5.39 Å². The third-order valence-corrected chi connectivity index (χ3v) is 8.63. The molecule has 1 nitrogen and oxygen atoms in total. The van der Waals surface area contributed by atoms with Crippen molar-refractivity contribution in [2.24, 2.45) is 0 Å². The fourth-order valence-corrected chi connectivity index (χ4v) is 6.71. The maximum Gasteiger partial charge on any atom is 0.142 e. The highest BCUT2D eigenvalue weighted by Gasteiger charge is 2.42. The first-order chi connectivity index (χ1) is 18.6. The highest BCUT2D eigenvalue weighted by molar-refractivity contribution is 9.10. The van der Waals surface area contributed by atoms with Crippen molar-refractivity contribution in [1.82, 2.24) is 0 Å². The maximum atomic E-state index is 13.3. The molecule has 1 aliphatic rings. The van der Waals surface area contributed by atoms with Crippen LogP contribution in [-0.2, 0) is 5.60 Å². The molecule has 0 saturated heterocycles.